The second-order valence-electron chi connectivity index (χ2n) is 6.55. The van der Waals surface area contributed by atoms with Crippen molar-refractivity contribution >= 4 is 23.5 Å². The molecule has 5 nitrogen and oxygen atoms in total. The van der Waals surface area contributed by atoms with Gasteiger partial charge in [0.25, 0.3) is 0 Å². The van der Waals surface area contributed by atoms with E-state index in [2.05, 4.69) is 10.9 Å². The van der Waals surface area contributed by atoms with Crippen molar-refractivity contribution in [3.63, 3.8) is 0 Å². The predicted octanol–water partition coefficient (Wildman–Crippen LogP) is 3.67. The normalized spacial score (nSPS) is 20.0. The van der Waals surface area contributed by atoms with Crippen molar-refractivity contribution in [3.8, 4) is 0 Å². The molecule has 1 atom stereocenters. The molecule has 1 aromatic rings. The van der Waals surface area contributed by atoms with E-state index < -0.39 is 16.5 Å². The molecule has 1 heterocycles. The van der Waals surface area contributed by atoms with Gasteiger partial charge in [0.15, 0.2) is 0 Å². The number of amides is 1. The van der Waals surface area contributed by atoms with Crippen LogP contribution in [0.4, 0.5) is 18.9 Å². The van der Waals surface area contributed by atoms with Crippen LogP contribution in [0, 0.1) is 5.92 Å². The second-order valence-corrected chi connectivity index (χ2v) is 7.97. The van der Waals surface area contributed by atoms with Crippen LogP contribution in [0.3, 0.4) is 0 Å². The molecule has 0 radical (unpaired) electrons. The first-order valence-electron chi connectivity index (χ1n) is 8.35. The lowest BCUT2D eigenvalue weighted by Gasteiger charge is -2.42. The number of halogens is 3. The maximum absolute atomic E-state index is 12.9. The van der Waals surface area contributed by atoms with Crippen molar-refractivity contribution in [1.82, 2.24) is 15.3 Å². The summed E-state index contributed by atoms with van der Waals surface area (Å²) in [5.74, 6) is 0.213. The van der Waals surface area contributed by atoms with Gasteiger partial charge in [-0.15, -0.1) is 5.53 Å². The lowest BCUT2D eigenvalue weighted by atomic mass is 9.75. The maximum atomic E-state index is 12.9. The molecular weight excluding hydrogens is 365 g/mol. The monoisotopic (exact) mass is 386 g/mol. The van der Waals surface area contributed by atoms with Crippen LogP contribution in [0.5, 0.6) is 0 Å². The van der Waals surface area contributed by atoms with E-state index in [0.717, 1.165) is 31.4 Å². The Bertz CT molecular complexity index is 707. The van der Waals surface area contributed by atoms with Gasteiger partial charge in [0.1, 0.15) is 4.75 Å². The van der Waals surface area contributed by atoms with E-state index in [1.165, 1.54) is 23.0 Å². The van der Waals surface area contributed by atoms with E-state index in [-0.39, 0.29) is 11.8 Å². The molecule has 26 heavy (non-hydrogen) atoms. The molecule has 1 aromatic carbocycles. The fraction of sp³-hybridized carbons (Fsp3) is 0.471. The topological polar surface area (TPSA) is 47.6 Å². The highest BCUT2D eigenvalue weighted by Crippen LogP contribution is 2.46. The summed E-state index contributed by atoms with van der Waals surface area (Å²) in [6.45, 7) is 1.91. The minimum absolute atomic E-state index is 0.0556. The summed E-state index contributed by atoms with van der Waals surface area (Å²) in [7, 11) is 1.61. The van der Waals surface area contributed by atoms with E-state index >= 15 is 0 Å². The van der Waals surface area contributed by atoms with Crippen LogP contribution >= 0.6 is 11.9 Å². The Kier molecular flexibility index (Phi) is 5.12. The Morgan fingerprint density at radius 2 is 2.04 bits per heavy atom. The largest absolute Gasteiger partial charge is 0.416 e. The number of rotatable bonds is 5. The molecule has 3 rings (SSSR count). The van der Waals surface area contributed by atoms with Crippen LogP contribution in [0.1, 0.15) is 31.7 Å². The first-order chi connectivity index (χ1) is 12.2. The van der Waals surface area contributed by atoms with Gasteiger partial charge in [-0.05, 0) is 55.8 Å². The number of hydrogen-bond acceptors (Lipinski definition) is 5. The van der Waals surface area contributed by atoms with Gasteiger partial charge in [-0.2, -0.15) is 13.2 Å². The highest BCUT2D eigenvalue weighted by molar-refractivity contribution is 7.99. The molecule has 1 aliphatic heterocycles. The number of nitrogens with zero attached hydrogens (tertiary/aromatic N) is 2. The number of alkyl halides is 3. The summed E-state index contributed by atoms with van der Waals surface area (Å²) >= 11 is 1.34. The summed E-state index contributed by atoms with van der Waals surface area (Å²) in [6, 6.07) is 5.07. The molecule has 9 heteroatoms. The molecule has 2 N–H and O–H groups in total. The van der Waals surface area contributed by atoms with Crippen LogP contribution in [-0.4, -0.2) is 22.1 Å². The standard InChI is InChI=1S/C17H21F3N4OS/c1-16(15(25)21-2,12-5-3-6-12)26-24-10-9-23(22-24)14-8-4-7-13(11-14)17(18,19)20/h4,7-12,22H,3,5-6H2,1-2H3,(H,21,25). The molecule has 1 amide bonds. The fourth-order valence-corrected chi connectivity index (χ4v) is 4.26. The summed E-state index contributed by atoms with van der Waals surface area (Å²) in [4.78, 5) is 12.4. The lowest BCUT2D eigenvalue weighted by molar-refractivity contribution is -0.137. The predicted molar refractivity (Wildman–Crippen MR) is 95.4 cm³/mol. The molecule has 1 unspecified atom stereocenters. The third-order valence-corrected chi connectivity index (χ3v) is 6.16. The van der Waals surface area contributed by atoms with Crippen LogP contribution < -0.4 is 15.9 Å². The summed E-state index contributed by atoms with van der Waals surface area (Å²) in [5.41, 5.74) is 2.65. The highest BCUT2D eigenvalue weighted by Gasteiger charge is 2.46. The van der Waals surface area contributed by atoms with Crippen LogP contribution in [-0.2, 0) is 11.0 Å². The maximum Gasteiger partial charge on any atom is 0.416 e. The molecule has 2 aliphatic rings. The fourth-order valence-electron chi connectivity index (χ4n) is 3.04. The van der Waals surface area contributed by atoms with Crippen molar-refractivity contribution < 1.29 is 18.0 Å². The average molecular weight is 386 g/mol. The zero-order valence-corrected chi connectivity index (χ0v) is 15.3. The number of nitrogens with one attached hydrogen (secondary N) is 2. The lowest BCUT2D eigenvalue weighted by Crippen LogP contribution is -2.51. The van der Waals surface area contributed by atoms with Crippen molar-refractivity contribution in [2.45, 2.75) is 37.1 Å². The Morgan fingerprint density at radius 3 is 2.62 bits per heavy atom. The van der Waals surface area contributed by atoms with Gasteiger partial charge in [-0.3, -0.25) is 9.80 Å². The molecule has 0 bridgehead atoms. The van der Waals surface area contributed by atoms with E-state index in [1.807, 2.05) is 6.92 Å². The van der Waals surface area contributed by atoms with Gasteiger partial charge in [-0.25, -0.2) is 4.41 Å². The zero-order chi connectivity index (χ0) is 18.9. The molecule has 0 spiro atoms. The molecule has 142 valence electrons. The van der Waals surface area contributed by atoms with Crippen LogP contribution in [0.25, 0.3) is 0 Å². The Labute approximate surface area is 154 Å². The number of carbonyl (C=O) groups excluding carboxylic acids is 1. The van der Waals surface area contributed by atoms with E-state index in [9.17, 15) is 18.0 Å². The molecule has 1 saturated carbocycles. The number of anilines is 1. The average Bonchev–Trinajstić information content (AvgIpc) is 2.99. The van der Waals surface area contributed by atoms with Crippen molar-refractivity contribution in [1.29, 1.82) is 0 Å². The van der Waals surface area contributed by atoms with E-state index in [1.54, 1.807) is 29.9 Å². The number of benzene rings is 1. The van der Waals surface area contributed by atoms with Crippen LogP contribution in [0.2, 0.25) is 0 Å². The first-order valence-corrected chi connectivity index (χ1v) is 9.13. The second kappa shape index (κ2) is 7.03. The van der Waals surface area contributed by atoms with Gasteiger partial charge in [0.05, 0.1) is 11.3 Å². The van der Waals surface area contributed by atoms with E-state index in [4.69, 9.17) is 0 Å². The van der Waals surface area contributed by atoms with E-state index in [0.29, 0.717) is 5.69 Å². The van der Waals surface area contributed by atoms with Crippen molar-refractivity contribution in [2.75, 3.05) is 12.1 Å². The molecule has 1 fully saturated rings. The van der Waals surface area contributed by atoms with Gasteiger partial charge < -0.3 is 5.32 Å². The smallest absolute Gasteiger partial charge is 0.358 e. The Balaban J connectivity index is 1.71. The van der Waals surface area contributed by atoms with Crippen LogP contribution in [0.15, 0.2) is 36.7 Å². The van der Waals surface area contributed by atoms with Gasteiger partial charge in [0.2, 0.25) is 5.91 Å². The number of hydrazine groups is 2. The summed E-state index contributed by atoms with van der Waals surface area (Å²) in [5, 5.41) is 4.21. The quantitative estimate of drug-likeness (QED) is 0.756. The summed E-state index contributed by atoms with van der Waals surface area (Å²) in [6.07, 6.45) is 2.03. The Morgan fingerprint density at radius 1 is 1.31 bits per heavy atom. The molecular formula is C17H21F3N4OS. The third kappa shape index (κ3) is 3.64. The molecule has 1 aliphatic carbocycles. The number of hydrogen-bond donors (Lipinski definition) is 2. The Hall–Kier alpha value is -1.87. The van der Waals surface area contributed by atoms with Gasteiger partial charge in [0, 0.05) is 19.4 Å². The minimum atomic E-state index is -4.39. The van der Waals surface area contributed by atoms with Gasteiger partial charge >= 0.3 is 6.18 Å². The summed E-state index contributed by atoms with van der Waals surface area (Å²) < 4.78 is 39.7. The first kappa shape index (κ1) is 18.9. The van der Waals surface area contributed by atoms with Crippen molar-refractivity contribution in [3.05, 3.63) is 42.2 Å². The molecule has 0 aromatic heterocycles. The molecule has 0 saturated heterocycles. The van der Waals surface area contributed by atoms with Crippen molar-refractivity contribution in [2.24, 2.45) is 5.92 Å². The minimum Gasteiger partial charge on any atom is -0.358 e. The third-order valence-electron chi connectivity index (χ3n) is 4.86. The SMILES string of the molecule is CNC(=O)C(C)(SN1C=CN(c2cccc(C(F)(F)F)c2)N1)C1CCC1. The highest BCUT2D eigenvalue weighted by atomic mass is 32.2. The zero-order valence-electron chi connectivity index (χ0n) is 14.5. The van der Waals surface area contributed by atoms with Gasteiger partial charge in [-0.1, -0.05) is 12.5 Å². The number of carbonyl (C=O) groups is 1.